The number of hydrogen-bond acceptors (Lipinski definition) is 3. The van der Waals surface area contributed by atoms with Crippen molar-refractivity contribution in [3.63, 3.8) is 0 Å². The Kier molecular flexibility index (Phi) is 5.29. The highest BCUT2D eigenvalue weighted by molar-refractivity contribution is 9.09. The zero-order valence-corrected chi connectivity index (χ0v) is 13.6. The topological polar surface area (TPSA) is 54.5 Å². The number of halogens is 1. The van der Waals surface area contributed by atoms with E-state index in [-0.39, 0.29) is 17.7 Å². The molecular formula is C13H22BrNO3S. The second kappa shape index (κ2) is 6.57. The molecule has 2 fully saturated rings. The predicted octanol–water partition coefficient (Wildman–Crippen LogP) is 2.12. The maximum absolute atomic E-state index is 12.5. The summed E-state index contributed by atoms with van der Waals surface area (Å²) in [6.07, 6.45) is 6.12. The molecule has 110 valence electrons. The molecule has 0 aromatic rings. The summed E-state index contributed by atoms with van der Waals surface area (Å²) >= 11 is 3.41. The van der Waals surface area contributed by atoms with Gasteiger partial charge in [-0.05, 0) is 38.5 Å². The standard InChI is InChI=1S/C13H22BrNO3S/c14-8-3-5-11-6-4-9-15(11)13(16)12-7-1-2-10-19(12,17)18/h11-12H,1-10H2. The molecule has 0 N–H and O–H groups in total. The van der Waals surface area contributed by atoms with Gasteiger partial charge >= 0.3 is 0 Å². The Morgan fingerprint density at radius 1 is 1.21 bits per heavy atom. The van der Waals surface area contributed by atoms with Gasteiger partial charge in [-0.1, -0.05) is 22.4 Å². The first-order valence-electron chi connectivity index (χ1n) is 7.14. The van der Waals surface area contributed by atoms with E-state index in [1.54, 1.807) is 0 Å². The molecule has 0 bridgehead atoms. The van der Waals surface area contributed by atoms with Gasteiger partial charge < -0.3 is 4.90 Å². The summed E-state index contributed by atoms with van der Waals surface area (Å²) in [7, 11) is -3.20. The van der Waals surface area contributed by atoms with Crippen molar-refractivity contribution in [2.75, 3.05) is 17.6 Å². The summed E-state index contributed by atoms with van der Waals surface area (Å²) in [5.74, 6) is 0.0559. The Morgan fingerprint density at radius 3 is 2.68 bits per heavy atom. The van der Waals surface area contributed by atoms with Crippen LogP contribution in [0.4, 0.5) is 0 Å². The number of carbonyl (C=O) groups excluding carboxylic acids is 1. The van der Waals surface area contributed by atoms with E-state index in [0.717, 1.165) is 44.0 Å². The van der Waals surface area contributed by atoms with Gasteiger partial charge in [0.15, 0.2) is 9.84 Å². The van der Waals surface area contributed by atoms with Crippen molar-refractivity contribution in [3.05, 3.63) is 0 Å². The fourth-order valence-electron chi connectivity index (χ4n) is 3.16. The Labute approximate surface area is 124 Å². The SMILES string of the molecule is O=C(C1CCCCS1(=O)=O)N1CCCC1CCCBr. The average Bonchev–Trinajstić information content (AvgIpc) is 2.83. The lowest BCUT2D eigenvalue weighted by atomic mass is 10.1. The van der Waals surface area contributed by atoms with Crippen molar-refractivity contribution in [3.8, 4) is 0 Å². The summed E-state index contributed by atoms with van der Waals surface area (Å²) < 4.78 is 24.1. The number of amides is 1. The Balaban J connectivity index is 2.05. The normalized spacial score (nSPS) is 30.5. The van der Waals surface area contributed by atoms with E-state index in [0.29, 0.717) is 12.8 Å². The molecule has 0 spiro atoms. The molecule has 0 radical (unpaired) electrons. The van der Waals surface area contributed by atoms with Gasteiger partial charge in [-0.3, -0.25) is 4.79 Å². The molecule has 2 heterocycles. The molecular weight excluding hydrogens is 330 g/mol. The number of hydrogen-bond donors (Lipinski definition) is 0. The first-order chi connectivity index (χ1) is 9.06. The van der Waals surface area contributed by atoms with Crippen LogP contribution in [0.1, 0.15) is 44.9 Å². The monoisotopic (exact) mass is 351 g/mol. The van der Waals surface area contributed by atoms with Gasteiger partial charge in [-0.2, -0.15) is 0 Å². The molecule has 19 heavy (non-hydrogen) atoms. The van der Waals surface area contributed by atoms with Crippen molar-refractivity contribution in [1.82, 2.24) is 4.90 Å². The van der Waals surface area contributed by atoms with E-state index in [2.05, 4.69) is 15.9 Å². The second-order valence-electron chi connectivity index (χ2n) is 5.51. The number of rotatable bonds is 4. The van der Waals surface area contributed by atoms with Crippen LogP contribution in [0.3, 0.4) is 0 Å². The first kappa shape index (κ1) is 15.3. The van der Waals surface area contributed by atoms with Crippen LogP contribution in [0.25, 0.3) is 0 Å². The molecule has 0 aromatic heterocycles. The maximum Gasteiger partial charge on any atom is 0.241 e. The third-order valence-corrected chi connectivity index (χ3v) is 6.91. The van der Waals surface area contributed by atoms with Gasteiger partial charge in [0.25, 0.3) is 0 Å². The fourth-order valence-corrected chi connectivity index (χ4v) is 5.34. The Bertz CT molecular complexity index is 424. The fraction of sp³-hybridized carbons (Fsp3) is 0.923. The summed E-state index contributed by atoms with van der Waals surface area (Å²) in [5, 5.41) is 0.179. The first-order valence-corrected chi connectivity index (χ1v) is 9.98. The Morgan fingerprint density at radius 2 is 2.00 bits per heavy atom. The largest absolute Gasteiger partial charge is 0.339 e. The van der Waals surface area contributed by atoms with Crippen LogP contribution < -0.4 is 0 Å². The van der Waals surface area contributed by atoms with Crippen LogP contribution >= 0.6 is 15.9 Å². The summed E-state index contributed by atoms with van der Waals surface area (Å²) in [6, 6.07) is 0.252. The van der Waals surface area contributed by atoms with E-state index in [4.69, 9.17) is 0 Å². The number of likely N-dealkylation sites (tertiary alicyclic amines) is 1. The van der Waals surface area contributed by atoms with E-state index in [9.17, 15) is 13.2 Å². The van der Waals surface area contributed by atoms with Crippen molar-refractivity contribution >= 4 is 31.7 Å². The maximum atomic E-state index is 12.5. The zero-order valence-electron chi connectivity index (χ0n) is 11.2. The van der Waals surface area contributed by atoms with Gasteiger partial charge in [-0.15, -0.1) is 0 Å². The van der Waals surface area contributed by atoms with Crippen molar-refractivity contribution in [2.24, 2.45) is 0 Å². The predicted molar refractivity (Wildman–Crippen MR) is 79.2 cm³/mol. The van der Waals surface area contributed by atoms with Gasteiger partial charge in [0.1, 0.15) is 5.25 Å². The number of alkyl halides is 1. The molecule has 2 saturated heterocycles. The van der Waals surface area contributed by atoms with Crippen molar-refractivity contribution < 1.29 is 13.2 Å². The lowest BCUT2D eigenvalue weighted by Gasteiger charge is -2.30. The molecule has 4 nitrogen and oxygen atoms in total. The molecule has 0 aliphatic carbocycles. The van der Waals surface area contributed by atoms with Crippen LogP contribution in [0, 0.1) is 0 Å². The zero-order chi connectivity index (χ0) is 13.9. The van der Waals surface area contributed by atoms with Crippen LogP contribution in [-0.2, 0) is 14.6 Å². The molecule has 2 atom stereocenters. The van der Waals surface area contributed by atoms with Crippen LogP contribution in [0.2, 0.25) is 0 Å². The third kappa shape index (κ3) is 3.51. The summed E-state index contributed by atoms with van der Waals surface area (Å²) in [5.41, 5.74) is 0. The lowest BCUT2D eigenvalue weighted by molar-refractivity contribution is -0.131. The smallest absolute Gasteiger partial charge is 0.241 e. The van der Waals surface area contributed by atoms with Crippen molar-refractivity contribution in [1.29, 1.82) is 0 Å². The highest BCUT2D eigenvalue weighted by Crippen LogP contribution is 2.27. The molecule has 2 rings (SSSR count). The molecule has 2 unspecified atom stereocenters. The quantitative estimate of drug-likeness (QED) is 0.729. The number of sulfone groups is 1. The molecule has 0 aromatic carbocycles. The Hall–Kier alpha value is -0.100. The molecule has 6 heteroatoms. The van der Waals surface area contributed by atoms with Crippen LogP contribution in [0.5, 0.6) is 0 Å². The van der Waals surface area contributed by atoms with Gasteiger partial charge in [-0.25, -0.2) is 8.42 Å². The minimum atomic E-state index is -3.20. The van der Waals surface area contributed by atoms with Gasteiger partial charge in [0, 0.05) is 17.9 Å². The molecule has 2 aliphatic heterocycles. The lowest BCUT2D eigenvalue weighted by Crippen LogP contribution is -2.47. The van der Waals surface area contributed by atoms with Crippen LogP contribution in [0.15, 0.2) is 0 Å². The highest BCUT2D eigenvalue weighted by atomic mass is 79.9. The number of carbonyl (C=O) groups is 1. The third-order valence-electron chi connectivity index (χ3n) is 4.19. The minimum Gasteiger partial charge on any atom is -0.339 e. The highest BCUT2D eigenvalue weighted by Gasteiger charge is 2.40. The summed E-state index contributed by atoms with van der Waals surface area (Å²) in [4.78, 5) is 14.4. The van der Waals surface area contributed by atoms with Gasteiger partial charge in [0.2, 0.25) is 5.91 Å². The van der Waals surface area contributed by atoms with E-state index < -0.39 is 15.1 Å². The van der Waals surface area contributed by atoms with Crippen molar-refractivity contribution in [2.45, 2.75) is 56.2 Å². The molecule has 1 amide bonds. The summed E-state index contributed by atoms with van der Waals surface area (Å²) in [6.45, 7) is 0.734. The molecule has 0 saturated carbocycles. The minimum absolute atomic E-state index is 0.128. The second-order valence-corrected chi connectivity index (χ2v) is 8.61. The average molecular weight is 352 g/mol. The van der Waals surface area contributed by atoms with E-state index >= 15 is 0 Å². The molecule has 2 aliphatic rings. The van der Waals surface area contributed by atoms with Gasteiger partial charge in [0.05, 0.1) is 5.75 Å². The van der Waals surface area contributed by atoms with E-state index in [1.165, 1.54) is 0 Å². The number of nitrogens with zero attached hydrogens (tertiary/aromatic N) is 1. The van der Waals surface area contributed by atoms with E-state index in [1.807, 2.05) is 4.90 Å². The van der Waals surface area contributed by atoms with Crippen LogP contribution in [-0.4, -0.2) is 48.1 Å².